The van der Waals surface area contributed by atoms with Gasteiger partial charge in [0.1, 0.15) is 17.8 Å². The molecule has 3 amide bonds. The zero-order valence-electron chi connectivity index (χ0n) is 23.8. The summed E-state index contributed by atoms with van der Waals surface area (Å²) in [5.41, 5.74) is 22.7. The molecule has 16 nitrogen and oxygen atoms in total. The average molecular weight is 599 g/mol. The summed E-state index contributed by atoms with van der Waals surface area (Å²) in [4.78, 5) is 59.4. The monoisotopic (exact) mass is 598 g/mol. The molecule has 2 aromatic rings. The molecule has 16 heteroatoms. The minimum Gasteiger partial charge on any atom is -0.508 e. The molecule has 0 aromatic heterocycles. The summed E-state index contributed by atoms with van der Waals surface area (Å²) in [6.45, 7) is 1.68. The first-order valence-electron chi connectivity index (χ1n) is 13.4. The molecular weight excluding hydrogens is 560 g/mol. The summed E-state index contributed by atoms with van der Waals surface area (Å²) >= 11 is 0. The van der Waals surface area contributed by atoms with Crippen molar-refractivity contribution in [1.29, 1.82) is 0 Å². The van der Waals surface area contributed by atoms with Crippen LogP contribution < -0.4 is 33.6 Å². The van der Waals surface area contributed by atoms with E-state index in [0.717, 1.165) is 0 Å². The van der Waals surface area contributed by atoms with E-state index in [9.17, 15) is 29.6 Å². The summed E-state index contributed by atoms with van der Waals surface area (Å²) < 4.78 is 0. The first-order valence-corrected chi connectivity index (χ1v) is 13.4. The van der Waals surface area contributed by atoms with E-state index in [0.29, 0.717) is 17.5 Å². The Balaban J connectivity index is 2.15. The number of carbonyl (C=O) groups excluding carboxylic acids is 3. The number of benzene rings is 2. The fourth-order valence-electron chi connectivity index (χ4n) is 4.07. The molecule has 0 saturated heterocycles. The fourth-order valence-corrected chi connectivity index (χ4v) is 4.07. The number of phenols is 1. The minimum absolute atomic E-state index is 0.0293. The van der Waals surface area contributed by atoms with E-state index in [2.05, 4.69) is 20.6 Å². The number of para-hydroxylation sites is 1. The number of hydrogen-bond donors (Lipinski definition) is 7. The van der Waals surface area contributed by atoms with Crippen LogP contribution >= 0.6 is 0 Å². The van der Waals surface area contributed by atoms with Gasteiger partial charge in [-0.1, -0.05) is 30.3 Å². The number of phenolic OH excluding ortho intramolecular Hbond substituents is 1. The van der Waals surface area contributed by atoms with Gasteiger partial charge < -0.3 is 43.6 Å². The number of aliphatic imine (C=N–C) groups is 2. The van der Waals surface area contributed by atoms with Crippen LogP contribution in [0.4, 0.5) is 5.69 Å². The fraction of sp³-hybridized carbons (Fsp3) is 0.370. The number of guanidine groups is 2. The number of hydrogen-bond acceptors (Lipinski definition) is 8. The van der Waals surface area contributed by atoms with Crippen molar-refractivity contribution >= 4 is 35.3 Å². The van der Waals surface area contributed by atoms with Crippen molar-refractivity contribution in [2.75, 3.05) is 19.6 Å². The number of aromatic hydroxyl groups is 1. The maximum absolute atomic E-state index is 13.2. The lowest BCUT2D eigenvalue weighted by Crippen LogP contribution is -2.52. The van der Waals surface area contributed by atoms with Gasteiger partial charge in [-0.05, 0) is 37.5 Å². The molecule has 0 fully saturated rings. The minimum atomic E-state index is -1.10. The lowest BCUT2D eigenvalue weighted by atomic mass is 10.0. The molecule has 0 aliphatic carbocycles. The maximum Gasteiger partial charge on any atom is 0.274 e. The smallest absolute Gasteiger partial charge is 0.274 e. The Morgan fingerprint density at radius 3 is 2.30 bits per heavy atom. The molecule has 0 aliphatic heterocycles. The highest BCUT2D eigenvalue weighted by Gasteiger charge is 2.27. The van der Waals surface area contributed by atoms with Crippen LogP contribution in [0, 0.1) is 10.1 Å². The third-order valence-corrected chi connectivity index (χ3v) is 6.25. The highest BCUT2D eigenvalue weighted by atomic mass is 16.6. The van der Waals surface area contributed by atoms with E-state index >= 15 is 0 Å². The SMILES string of the molecule is CCN(Cc1ccccc1[N+](=O)[O-])C(=O)CNC(=O)[C@@H](CCCN=C(N)N)NC(=O)[C@H](Cc1ccc(O)cc1)N=C(N)N. The van der Waals surface area contributed by atoms with Crippen LogP contribution in [0.25, 0.3) is 0 Å². The highest BCUT2D eigenvalue weighted by Crippen LogP contribution is 2.19. The van der Waals surface area contributed by atoms with Gasteiger partial charge in [0.05, 0.1) is 18.0 Å². The van der Waals surface area contributed by atoms with Crippen molar-refractivity contribution in [2.24, 2.45) is 32.9 Å². The van der Waals surface area contributed by atoms with Gasteiger partial charge in [-0.25, -0.2) is 4.99 Å². The van der Waals surface area contributed by atoms with Crippen molar-refractivity contribution in [3.8, 4) is 5.75 Å². The second-order valence-electron chi connectivity index (χ2n) is 9.46. The van der Waals surface area contributed by atoms with Gasteiger partial charge in [-0.3, -0.25) is 29.5 Å². The van der Waals surface area contributed by atoms with Gasteiger partial charge in [0.15, 0.2) is 11.9 Å². The molecule has 0 unspecified atom stereocenters. The third-order valence-electron chi connectivity index (χ3n) is 6.25. The van der Waals surface area contributed by atoms with Crippen LogP contribution in [0.2, 0.25) is 0 Å². The second-order valence-corrected chi connectivity index (χ2v) is 9.46. The first kappa shape index (κ1) is 33.8. The lowest BCUT2D eigenvalue weighted by molar-refractivity contribution is -0.385. The molecular formula is C27H38N10O6. The molecule has 2 atom stereocenters. The van der Waals surface area contributed by atoms with Crippen molar-refractivity contribution in [1.82, 2.24) is 15.5 Å². The van der Waals surface area contributed by atoms with Gasteiger partial charge in [0.2, 0.25) is 17.7 Å². The average Bonchev–Trinajstić information content (AvgIpc) is 2.96. The van der Waals surface area contributed by atoms with Gasteiger partial charge in [0, 0.05) is 31.1 Å². The Bertz CT molecular complexity index is 1320. The Hall–Kier alpha value is -5.41. The number of likely N-dealkylation sites (N-methyl/N-ethyl adjacent to an activating group) is 1. The second kappa shape index (κ2) is 16.8. The highest BCUT2D eigenvalue weighted by molar-refractivity contribution is 5.93. The zero-order chi connectivity index (χ0) is 31.9. The Kier molecular flexibility index (Phi) is 13.2. The maximum atomic E-state index is 13.2. The summed E-state index contributed by atoms with van der Waals surface area (Å²) in [6, 6.07) is 9.98. The number of amides is 3. The van der Waals surface area contributed by atoms with Gasteiger partial charge in [0.25, 0.3) is 5.69 Å². The standard InChI is InChI=1S/C27H38N10O6/c1-2-36(16-18-6-3-4-8-22(18)37(42)43)23(39)15-33-24(40)20(7-5-13-32-26(28)29)34-25(41)21(35-27(30)31)14-17-9-11-19(38)12-10-17/h3-4,6,8-12,20-21,38H,2,5,7,13-16H2,1H3,(H,33,40)(H,34,41)(H4,28,29,32)(H4,30,31,35)/t20-,21+/m1/s1. The van der Waals surface area contributed by atoms with Crippen molar-refractivity contribution in [2.45, 2.75) is 44.8 Å². The van der Waals surface area contributed by atoms with Crippen molar-refractivity contribution in [3.05, 3.63) is 69.8 Å². The molecule has 232 valence electrons. The quantitative estimate of drug-likeness (QED) is 0.0415. The Morgan fingerprint density at radius 1 is 1.02 bits per heavy atom. The summed E-state index contributed by atoms with van der Waals surface area (Å²) in [6.07, 6.45) is 0.500. The molecule has 11 N–H and O–H groups in total. The molecule has 0 heterocycles. The number of nitrogens with two attached hydrogens (primary N) is 4. The lowest BCUT2D eigenvalue weighted by Gasteiger charge is -2.23. The number of nitro benzene ring substituents is 1. The number of carbonyl (C=O) groups is 3. The van der Waals surface area contributed by atoms with Gasteiger partial charge in [-0.15, -0.1) is 0 Å². The number of nitro groups is 1. The predicted octanol–water partition coefficient (Wildman–Crippen LogP) is -0.812. The van der Waals surface area contributed by atoms with E-state index in [1.807, 2.05) is 0 Å². The van der Waals surface area contributed by atoms with Crippen LogP contribution in [-0.4, -0.2) is 76.3 Å². The van der Waals surface area contributed by atoms with Crippen molar-refractivity contribution in [3.63, 3.8) is 0 Å². The van der Waals surface area contributed by atoms with Crippen LogP contribution in [0.3, 0.4) is 0 Å². The molecule has 2 aromatic carbocycles. The van der Waals surface area contributed by atoms with Crippen LogP contribution in [0.1, 0.15) is 30.9 Å². The Labute approximate surface area is 248 Å². The van der Waals surface area contributed by atoms with Crippen LogP contribution in [-0.2, 0) is 27.3 Å². The molecule has 0 aliphatic rings. The topological polar surface area (TPSA) is 271 Å². The van der Waals surface area contributed by atoms with E-state index < -0.39 is 41.3 Å². The first-order chi connectivity index (χ1) is 20.4. The Morgan fingerprint density at radius 2 is 1.70 bits per heavy atom. The number of rotatable bonds is 16. The van der Waals surface area contributed by atoms with E-state index in [4.69, 9.17) is 22.9 Å². The van der Waals surface area contributed by atoms with E-state index in [-0.39, 0.29) is 55.8 Å². The largest absolute Gasteiger partial charge is 0.508 e. The van der Waals surface area contributed by atoms with E-state index in [1.165, 1.54) is 29.2 Å². The predicted molar refractivity (Wildman–Crippen MR) is 160 cm³/mol. The molecule has 0 spiro atoms. The summed E-state index contributed by atoms with van der Waals surface area (Å²) in [7, 11) is 0. The van der Waals surface area contributed by atoms with E-state index in [1.54, 1.807) is 31.2 Å². The zero-order valence-corrected chi connectivity index (χ0v) is 23.8. The normalized spacial score (nSPS) is 11.8. The summed E-state index contributed by atoms with van der Waals surface area (Å²) in [5.74, 6) is -2.21. The number of nitrogens with one attached hydrogen (secondary N) is 2. The molecule has 43 heavy (non-hydrogen) atoms. The van der Waals surface area contributed by atoms with Gasteiger partial charge >= 0.3 is 0 Å². The molecule has 0 radical (unpaired) electrons. The molecule has 0 bridgehead atoms. The van der Waals surface area contributed by atoms with Crippen LogP contribution in [0.5, 0.6) is 5.75 Å². The third kappa shape index (κ3) is 11.5. The molecule has 2 rings (SSSR count). The van der Waals surface area contributed by atoms with Crippen LogP contribution in [0.15, 0.2) is 58.5 Å². The van der Waals surface area contributed by atoms with Crippen molar-refractivity contribution < 1.29 is 24.4 Å². The van der Waals surface area contributed by atoms with Gasteiger partial charge in [-0.2, -0.15) is 0 Å². The summed E-state index contributed by atoms with van der Waals surface area (Å²) in [5, 5.41) is 26.1. The molecule has 0 saturated carbocycles. The number of nitrogens with zero attached hydrogens (tertiary/aromatic N) is 4.